The standard InChI is InChI=1S/C12H22N2O3/c15-12(11-9-13-5-8-17-11)14-4-1-10-2-6-16-7-3-10/h10-11,13H,1-9H2,(H,14,15). The second-order valence-electron chi connectivity index (χ2n) is 4.70. The van der Waals surface area contributed by atoms with Crippen LogP contribution in [0, 0.1) is 5.92 Å². The molecule has 0 bridgehead atoms. The SMILES string of the molecule is O=C(NCCC1CCOCC1)C1CNCCO1. The van der Waals surface area contributed by atoms with Gasteiger partial charge in [-0.3, -0.25) is 4.79 Å². The van der Waals surface area contributed by atoms with Gasteiger partial charge in [0.2, 0.25) is 5.91 Å². The lowest BCUT2D eigenvalue weighted by Gasteiger charge is -2.24. The van der Waals surface area contributed by atoms with Crippen molar-refractivity contribution in [2.75, 3.05) is 39.5 Å². The maximum absolute atomic E-state index is 11.7. The van der Waals surface area contributed by atoms with Crippen molar-refractivity contribution in [3.05, 3.63) is 0 Å². The maximum atomic E-state index is 11.7. The summed E-state index contributed by atoms with van der Waals surface area (Å²) in [5, 5.41) is 6.11. The van der Waals surface area contributed by atoms with E-state index < -0.39 is 0 Å². The molecule has 2 aliphatic rings. The van der Waals surface area contributed by atoms with Crippen LogP contribution in [-0.2, 0) is 14.3 Å². The average molecular weight is 242 g/mol. The van der Waals surface area contributed by atoms with Crippen molar-refractivity contribution < 1.29 is 14.3 Å². The molecule has 0 radical (unpaired) electrons. The molecule has 2 N–H and O–H groups in total. The third kappa shape index (κ3) is 4.26. The quantitative estimate of drug-likeness (QED) is 0.723. The van der Waals surface area contributed by atoms with Gasteiger partial charge in [-0.2, -0.15) is 0 Å². The van der Waals surface area contributed by atoms with Crippen molar-refractivity contribution in [3.63, 3.8) is 0 Å². The van der Waals surface area contributed by atoms with Gasteiger partial charge in [-0.15, -0.1) is 0 Å². The molecule has 2 aliphatic heterocycles. The number of hydrogen-bond donors (Lipinski definition) is 2. The van der Waals surface area contributed by atoms with Gasteiger partial charge in [-0.05, 0) is 25.2 Å². The van der Waals surface area contributed by atoms with E-state index >= 15 is 0 Å². The van der Waals surface area contributed by atoms with Crippen molar-refractivity contribution in [3.8, 4) is 0 Å². The molecule has 0 aromatic heterocycles. The van der Waals surface area contributed by atoms with Gasteiger partial charge in [0.25, 0.3) is 0 Å². The third-order valence-electron chi connectivity index (χ3n) is 3.41. The van der Waals surface area contributed by atoms with Crippen LogP contribution in [0.25, 0.3) is 0 Å². The smallest absolute Gasteiger partial charge is 0.250 e. The van der Waals surface area contributed by atoms with Crippen LogP contribution in [0.2, 0.25) is 0 Å². The van der Waals surface area contributed by atoms with Gasteiger partial charge >= 0.3 is 0 Å². The highest BCUT2D eigenvalue weighted by Gasteiger charge is 2.21. The zero-order valence-corrected chi connectivity index (χ0v) is 10.2. The Morgan fingerprint density at radius 3 is 2.82 bits per heavy atom. The Hall–Kier alpha value is -0.650. The monoisotopic (exact) mass is 242 g/mol. The van der Waals surface area contributed by atoms with E-state index in [-0.39, 0.29) is 12.0 Å². The first-order valence-corrected chi connectivity index (χ1v) is 6.54. The van der Waals surface area contributed by atoms with E-state index in [1.54, 1.807) is 0 Å². The van der Waals surface area contributed by atoms with Gasteiger partial charge in [-0.1, -0.05) is 0 Å². The van der Waals surface area contributed by atoms with E-state index in [1.165, 1.54) is 0 Å². The second-order valence-corrected chi connectivity index (χ2v) is 4.70. The van der Waals surface area contributed by atoms with Crippen molar-refractivity contribution in [2.24, 2.45) is 5.92 Å². The van der Waals surface area contributed by atoms with E-state index in [0.717, 1.165) is 45.6 Å². The third-order valence-corrected chi connectivity index (χ3v) is 3.41. The highest BCUT2D eigenvalue weighted by molar-refractivity contribution is 5.81. The predicted octanol–water partition coefficient (Wildman–Crippen LogP) is -0.0923. The minimum absolute atomic E-state index is 0.0178. The number of nitrogens with one attached hydrogen (secondary N) is 2. The van der Waals surface area contributed by atoms with Crippen LogP contribution in [0.1, 0.15) is 19.3 Å². The predicted molar refractivity (Wildman–Crippen MR) is 63.8 cm³/mol. The Morgan fingerprint density at radius 2 is 2.12 bits per heavy atom. The first kappa shape index (κ1) is 12.8. The number of rotatable bonds is 4. The minimum Gasteiger partial charge on any atom is -0.381 e. The zero-order valence-electron chi connectivity index (χ0n) is 10.2. The number of hydrogen-bond acceptors (Lipinski definition) is 4. The molecule has 2 fully saturated rings. The summed E-state index contributed by atoms with van der Waals surface area (Å²) in [6.07, 6.45) is 2.99. The Labute approximate surface area is 102 Å². The molecule has 1 atom stereocenters. The highest BCUT2D eigenvalue weighted by Crippen LogP contribution is 2.17. The molecule has 17 heavy (non-hydrogen) atoms. The Balaban J connectivity index is 1.58. The van der Waals surface area contributed by atoms with Crippen LogP contribution in [0.3, 0.4) is 0 Å². The molecule has 0 saturated carbocycles. The lowest BCUT2D eigenvalue weighted by molar-refractivity contribution is -0.134. The van der Waals surface area contributed by atoms with Gasteiger partial charge in [0, 0.05) is 32.8 Å². The van der Waals surface area contributed by atoms with Crippen LogP contribution in [-0.4, -0.2) is 51.5 Å². The lowest BCUT2D eigenvalue weighted by Crippen LogP contribution is -2.48. The van der Waals surface area contributed by atoms with E-state index in [2.05, 4.69) is 10.6 Å². The summed E-state index contributed by atoms with van der Waals surface area (Å²) in [6.45, 7) is 4.58. The van der Waals surface area contributed by atoms with Gasteiger partial charge in [0.15, 0.2) is 0 Å². The lowest BCUT2D eigenvalue weighted by atomic mass is 9.97. The van der Waals surface area contributed by atoms with Crippen molar-refractivity contribution >= 4 is 5.91 Å². The van der Waals surface area contributed by atoms with Crippen molar-refractivity contribution in [2.45, 2.75) is 25.4 Å². The summed E-state index contributed by atoms with van der Waals surface area (Å²) in [5.41, 5.74) is 0. The Kier molecular flexibility index (Phi) is 5.22. The molecular formula is C12H22N2O3. The summed E-state index contributed by atoms with van der Waals surface area (Å²) in [7, 11) is 0. The number of carbonyl (C=O) groups excluding carboxylic acids is 1. The van der Waals surface area contributed by atoms with E-state index in [0.29, 0.717) is 19.1 Å². The molecule has 0 aromatic rings. The van der Waals surface area contributed by atoms with E-state index in [9.17, 15) is 4.79 Å². The average Bonchev–Trinajstić information content (AvgIpc) is 2.41. The summed E-state index contributed by atoms with van der Waals surface area (Å²) in [5.74, 6) is 0.721. The van der Waals surface area contributed by atoms with E-state index in [1.807, 2.05) is 0 Å². The molecule has 0 spiro atoms. The Bertz CT molecular complexity index is 236. The first-order valence-electron chi connectivity index (χ1n) is 6.54. The molecule has 2 heterocycles. The molecule has 2 saturated heterocycles. The van der Waals surface area contributed by atoms with Gasteiger partial charge in [0.05, 0.1) is 6.61 Å². The fourth-order valence-electron chi connectivity index (χ4n) is 2.28. The molecule has 5 heteroatoms. The van der Waals surface area contributed by atoms with Gasteiger partial charge in [-0.25, -0.2) is 0 Å². The highest BCUT2D eigenvalue weighted by atomic mass is 16.5. The van der Waals surface area contributed by atoms with Gasteiger partial charge < -0.3 is 20.1 Å². The van der Waals surface area contributed by atoms with Crippen molar-refractivity contribution in [1.29, 1.82) is 0 Å². The summed E-state index contributed by atoms with van der Waals surface area (Å²) >= 11 is 0. The molecular weight excluding hydrogens is 220 g/mol. The number of ether oxygens (including phenoxy) is 2. The molecule has 1 amide bonds. The summed E-state index contributed by atoms with van der Waals surface area (Å²) in [4.78, 5) is 11.7. The van der Waals surface area contributed by atoms with Crippen LogP contribution in [0.15, 0.2) is 0 Å². The molecule has 0 aliphatic carbocycles. The number of morpholine rings is 1. The van der Waals surface area contributed by atoms with Crippen LogP contribution in [0.5, 0.6) is 0 Å². The number of amides is 1. The Morgan fingerprint density at radius 1 is 1.29 bits per heavy atom. The normalized spacial score (nSPS) is 26.7. The summed E-state index contributed by atoms with van der Waals surface area (Å²) < 4.78 is 10.7. The molecule has 98 valence electrons. The maximum Gasteiger partial charge on any atom is 0.250 e. The summed E-state index contributed by atoms with van der Waals surface area (Å²) in [6, 6.07) is 0. The van der Waals surface area contributed by atoms with Gasteiger partial charge in [0.1, 0.15) is 6.10 Å². The fraction of sp³-hybridized carbons (Fsp3) is 0.917. The molecule has 2 rings (SSSR count). The molecule has 5 nitrogen and oxygen atoms in total. The number of carbonyl (C=O) groups is 1. The molecule has 0 aromatic carbocycles. The van der Waals surface area contributed by atoms with Crippen LogP contribution in [0.4, 0.5) is 0 Å². The van der Waals surface area contributed by atoms with E-state index in [4.69, 9.17) is 9.47 Å². The fourth-order valence-corrected chi connectivity index (χ4v) is 2.28. The van der Waals surface area contributed by atoms with Crippen molar-refractivity contribution in [1.82, 2.24) is 10.6 Å². The topological polar surface area (TPSA) is 59.6 Å². The zero-order chi connectivity index (χ0) is 11.9. The van der Waals surface area contributed by atoms with Crippen LogP contribution < -0.4 is 10.6 Å². The van der Waals surface area contributed by atoms with Crippen LogP contribution >= 0.6 is 0 Å². The largest absolute Gasteiger partial charge is 0.381 e. The first-order chi connectivity index (χ1) is 8.36. The molecule has 1 unspecified atom stereocenters. The second kappa shape index (κ2) is 6.93. The minimum atomic E-state index is -0.307.